The molecule has 3 atom stereocenters. The van der Waals surface area contributed by atoms with E-state index in [0.29, 0.717) is 32.5 Å². The Hall–Kier alpha value is -6.04. The Balaban J connectivity index is 0.813. The smallest absolute Gasteiger partial charge is 0.410 e. The Morgan fingerprint density at radius 2 is 1.74 bits per heavy atom. The van der Waals surface area contributed by atoms with Gasteiger partial charge in [-0.25, -0.2) is 23.7 Å². The van der Waals surface area contributed by atoms with Crippen LogP contribution in [-0.2, 0) is 14.3 Å². The van der Waals surface area contributed by atoms with Crippen molar-refractivity contribution >= 4 is 29.3 Å². The van der Waals surface area contributed by atoms with E-state index in [0.717, 1.165) is 90.9 Å². The molecule has 1 unspecified atom stereocenters. The molecule has 4 aliphatic rings. The number of carbonyl (C=O) groups excluding carboxylic acids is 2. The van der Waals surface area contributed by atoms with Crippen molar-refractivity contribution in [3.63, 3.8) is 0 Å². The van der Waals surface area contributed by atoms with Crippen LogP contribution in [0.5, 0.6) is 0 Å². The van der Waals surface area contributed by atoms with Gasteiger partial charge in [-0.15, -0.1) is 5.10 Å². The van der Waals surface area contributed by atoms with E-state index in [1.54, 1.807) is 17.0 Å². The Kier molecular flexibility index (Phi) is 10.4. The maximum absolute atomic E-state index is 14.1. The van der Waals surface area contributed by atoms with Gasteiger partial charge in [0.15, 0.2) is 5.65 Å². The third-order valence-electron chi connectivity index (χ3n) is 11.3. The number of hydrogen-bond acceptors (Lipinski definition) is 10. The zero-order chi connectivity index (χ0) is 38.7. The van der Waals surface area contributed by atoms with Crippen LogP contribution in [0.4, 0.5) is 20.8 Å². The van der Waals surface area contributed by atoms with Gasteiger partial charge in [-0.2, -0.15) is 0 Å². The lowest BCUT2D eigenvalue weighted by atomic mass is 10.0. The van der Waals surface area contributed by atoms with Gasteiger partial charge < -0.3 is 24.6 Å². The fourth-order valence-corrected chi connectivity index (χ4v) is 8.23. The topological polar surface area (TPSA) is 121 Å². The zero-order valence-corrected chi connectivity index (χ0v) is 31.6. The third kappa shape index (κ3) is 7.99. The SMILES string of the molecule is O=C1CCC(N2C[C@H](c3cccc(C#CCN4CCN(c5cccc(-c6cnc7ccc(N8CCC[C@@H]8c8cccc(F)c8)nn67)n5)CC4)c3)OC2=O)COCN1. The minimum absolute atomic E-state index is 0.0676. The molecule has 0 bridgehead atoms. The van der Waals surface area contributed by atoms with Crippen LogP contribution in [0.25, 0.3) is 17.0 Å². The number of cyclic esters (lactones) is 1. The fourth-order valence-electron chi connectivity index (χ4n) is 8.23. The zero-order valence-electron chi connectivity index (χ0n) is 31.6. The van der Waals surface area contributed by atoms with Crippen LogP contribution in [-0.4, -0.2) is 107 Å². The summed E-state index contributed by atoms with van der Waals surface area (Å²) in [6.45, 7) is 5.74. The van der Waals surface area contributed by atoms with Crippen molar-refractivity contribution < 1.29 is 23.5 Å². The first-order valence-electron chi connectivity index (χ1n) is 19.7. The van der Waals surface area contributed by atoms with Gasteiger partial charge in [0.1, 0.15) is 36.0 Å². The summed E-state index contributed by atoms with van der Waals surface area (Å²) in [4.78, 5) is 42.9. The lowest BCUT2D eigenvalue weighted by molar-refractivity contribution is -0.124. The van der Waals surface area contributed by atoms with Gasteiger partial charge in [0.25, 0.3) is 0 Å². The van der Waals surface area contributed by atoms with E-state index >= 15 is 0 Å². The monoisotopic (exact) mass is 769 g/mol. The molecule has 7 heterocycles. The number of rotatable bonds is 7. The van der Waals surface area contributed by atoms with Crippen LogP contribution >= 0.6 is 0 Å². The first-order chi connectivity index (χ1) is 27.9. The number of halogens is 1. The molecular formula is C43H44FN9O4. The highest BCUT2D eigenvalue weighted by Crippen LogP contribution is 2.36. The highest BCUT2D eigenvalue weighted by atomic mass is 19.1. The normalized spacial score (nSPS) is 21.8. The molecule has 2 aromatic carbocycles. The molecule has 4 fully saturated rings. The van der Waals surface area contributed by atoms with Crippen LogP contribution in [0.15, 0.2) is 85.1 Å². The van der Waals surface area contributed by atoms with E-state index in [1.807, 2.05) is 71.4 Å². The quantitative estimate of drug-likeness (QED) is 0.222. The number of fused-ring (bicyclic) bond motifs is 1. The number of anilines is 2. The van der Waals surface area contributed by atoms with E-state index in [2.05, 4.69) is 36.8 Å². The summed E-state index contributed by atoms with van der Waals surface area (Å²) in [5, 5.41) is 7.72. The summed E-state index contributed by atoms with van der Waals surface area (Å²) >= 11 is 0. The van der Waals surface area contributed by atoms with E-state index in [9.17, 15) is 14.0 Å². The van der Waals surface area contributed by atoms with E-state index in [4.69, 9.17) is 19.6 Å². The number of imidazole rings is 1. The van der Waals surface area contributed by atoms with Crippen LogP contribution in [0.3, 0.4) is 0 Å². The lowest BCUT2D eigenvalue weighted by Crippen LogP contribution is -2.46. The Bertz CT molecular complexity index is 2330. The van der Waals surface area contributed by atoms with Crippen molar-refractivity contribution in [3.05, 3.63) is 108 Å². The molecule has 2 amide bonds. The molecule has 14 heteroatoms. The summed E-state index contributed by atoms with van der Waals surface area (Å²) in [7, 11) is 0. The number of piperazine rings is 1. The number of amides is 2. The summed E-state index contributed by atoms with van der Waals surface area (Å²) in [5.41, 5.74) is 5.08. The van der Waals surface area contributed by atoms with Gasteiger partial charge in [0, 0.05) is 44.7 Å². The van der Waals surface area contributed by atoms with E-state index < -0.39 is 6.10 Å². The second-order valence-corrected chi connectivity index (χ2v) is 14.9. The maximum Gasteiger partial charge on any atom is 0.410 e. The Labute approximate surface area is 330 Å². The van der Waals surface area contributed by atoms with Gasteiger partial charge in [-0.1, -0.05) is 42.2 Å². The third-order valence-corrected chi connectivity index (χ3v) is 11.3. The predicted molar refractivity (Wildman–Crippen MR) is 212 cm³/mol. The molecule has 9 rings (SSSR count). The first-order valence-corrected chi connectivity index (χ1v) is 19.7. The summed E-state index contributed by atoms with van der Waals surface area (Å²) in [6.07, 6.45) is 3.86. The fraction of sp³-hybridized carbons (Fsp3) is 0.372. The number of hydrogen-bond donors (Lipinski definition) is 1. The van der Waals surface area contributed by atoms with Crippen LogP contribution in [0, 0.1) is 17.7 Å². The number of pyridine rings is 1. The predicted octanol–water partition coefficient (Wildman–Crippen LogP) is 5.19. The molecule has 3 aromatic heterocycles. The molecule has 4 aliphatic heterocycles. The second-order valence-electron chi connectivity index (χ2n) is 14.9. The van der Waals surface area contributed by atoms with E-state index in [-0.39, 0.29) is 36.6 Å². The van der Waals surface area contributed by atoms with Crippen molar-refractivity contribution in [1.29, 1.82) is 0 Å². The standard InChI is InChI=1S/C43H44FN9O4/c44-33-10-2-8-31(25-33)36-12-5-19-51(36)41-16-15-39-45-26-37(53(39)48-41)35-11-3-13-40(47-35)50-22-20-49(21-23-50)18-4-7-30-6-1-9-32(24-30)38-27-52(43(55)57-38)34-14-17-42(54)46-29-56-28-34/h1-3,6,8-11,13,15-16,24-26,34,36,38H,5,12,14,17-23,27-29H2,(H,46,54)/t34?,36-,38-/m1/s1. The molecule has 13 nitrogen and oxygen atoms in total. The van der Waals surface area contributed by atoms with Gasteiger partial charge in [-0.3, -0.25) is 14.6 Å². The summed E-state index contributed by atoms with van der Waals surface area (Å²) < 4.78 is 27.3. The molecule has 0 saturated carbocycles. The second kappa shape index (κ2) is 16.2. The number of benzene rings is 2. The maximum atomic E-state index is 14.1. The molecule has 5 aromatic rings. The average Bonchev–Trinajstić information content (AvgIpc) is 3.99. The highest BCUT2D eigenvalue weighted by Gasteiger charge is 2.37. The number of carbonyl (C=O) groups is 2. The molecule has 292 valence electrons. The summed E-state index contributed by atoms with van der Waals surface area (Å²) in [5.74, 6) is 8.09. The minimum atomic E-state index is -0.407. The van der Waals surface area contributed by atoms with Crippen molar-refractivity contribution in [1.82, 2.24) is 34.7 Å². The Morgan fingerprint density at radius 3 is 2.63 bits per heavy atom. The van der Waals surface area contributed by atoms with E-state index in [1.165, 1.54) is 6.07 Å². The van der Waals surface area contributed by atoms with Crippen LogP contribution in [0.2, 0.25) is 0 Å². The number of nitrogens with one attached hydrogen (secondary N) is 1. The molecular weight excluding hydrogens is 726 g/mol. The van der Waals surface area contributed by atoms with Crippen LogP contribution in [0.1, 0.15) is 54.5 Å². The Morgan fingerprint density at radius 1 is 0.877 bits per heavy atom. The van der Waals surface area contributed by atoms with Crippen molar-refractivity contribution in [2.75, 3.05) is 69.0 Å². The molecule has 1 N–H and O–H groups in total. The number of aromatic nitrogens is 4. The highest BCUT2D eigenvalue weighted by molar-refractivity contribution is 5.76. The number of ether oxygens (including phenoxy) is 2. The summed E-state index contributed by atoms with van der Waals surface area (Å²) in [6, 6.07) is 24.6. The molecule has 0 radical (unpaired) electrons. The van der Waals surface area contributed by atoms with Gasteiger partial charge in [0.2, 0.25) is 5.91 Å². The molecule has 0 aliphatic carbocycles. The first kappa shape index (κ1) is 36.6. The lowest BCUT2D eigenvalue weighted by Gasteiger charge is -2.34. The van der Waals surface area contributed by atoms with Crippen LogP contribution < -0.4 is 15.1 Å². The largest absolute Gasteiger partial charge is 0.439 e. The average molecular weight is 770 g/mol. The van der Waals surface area contributed by atoms with Gasteiger partial charge >= 0.3 is 6.09 Å². The van der Waals surface area contributed by atoms with Gasteiger partial charge in [0.05, 0.1) is 43.7 Å². The van der Waals surface area contributed by atoms with Crippen molar-refractivity contribution in [2.45, 2.75) is 43.9 Å². The van der Waals surface area contributed by atoms with Crippen molar-refractivity contribution in [2.24, 2.45) is 0 Å². The minimum Gasteiger partial charge on any atom is -0.439 e. The molecule has 4 saturated heterocycles. The molecule has 0 spiro atoms. The van der Waals surface area contributed by atoms with Crippen molar-refractivity contribution in [3.8, 4) is 23.2 Å². The molecule has 57 heavy (non-hydrogen) atoms. The number of nitrogens with zero attached hydrogens (tertiary/aromatic N) is 8. The van der Waals surface area contributed by atoms with Gasteiger partial charge in [-0.05, 0) is 78.9 Å².